The number of fused-ring (bicyclic) bond motifs is 1. The molecule has 166 valence electrons. The quantitative estimate of drug-likeness (QED) is 0.124. The number of nitrogens with zero attached hydrogens (tertiary/aromatic N) is 3. The lowest BCUT2D eigenvalue weighted by Gasteiger charge is -2.10. The zero-order chi connectivity index (χ0) is 22.9. The fraction of sp³-hybridized carbons (Fsp3) is 0.120. The number of amidine groups is 1. The largest absolute Gasteiger partial charge is 0.489 e. The van der Waals surface area contributed by atoms with Gasteiger partial charge < -0.3 is 20.1 Å². The van der Waals surface area contributed by atoms with E-state index >= 15 is 0 Å². The summed E-state index contributed by atoms with van der Waals surface area (Å²) in [6, 6.07) is 27.0. The lowest BCUT2D eigenvalue weighted by Crippen LogP contribution is -2.07. The number of pyridine rings is 1. The molecule has 0 aliphatic carbocycles. The van der Waals surface area contributed by atoms with Crippen molar-refractivity contribution < 1.29 is 14.2 Å². The lowest BCUT2D eigenvalue weighted by atomic mass is 10.2. The fourth-order valence-corrected chi connectivity index (χ4v) is 3.10. The maximum atomic E-state index is 7.47. The van der Waals surface area contributed by atoms with Gasteiger partial charge in [-0.25, -0.2) is 4.98 Å². The minimum atomic E-state index is -0.0524. The number of rotatable bonds is 9. The summed E-state index contributed by atoms with van der Waals surface area (Å²) in [6.07, 6.45) is 0. The maximum absolute atomic E-state index is 7.47. The molecule has 8 heteroatoms. The summed E-state index contributed by atoms with van der Waals surface area (Å²) >= 11 is 0. The summed E-state index contributed by atoms with van der Waals surface area (Å²) in [5.74, 6) is 6.89. The average molecular weight is 441 g/mol. The zero-order valence-corrected chi connectivity index (χ0v) is 17.8. The number of aromatic nitrogens is 1. The van der Waals surface area contributed by atoms with Gasteiger partial charge in [0, 0.05) is 11.5 Å². The molecule has 0 unspecified atom stereocenters. The Balaban J connectivity index is 1.29. The second-order valence-corrected chi connectivity index (χ2v) is 7.14. The number of ether oxygens (including phenoxy) is 3. The topological polar surface area (TPSA) is 115 Å². The van der Waals surface area contributed by atoms with Gasteiger partial charge in [0.25, 0.3) is 0 Å². The Bertz CT molecular complexity index is 1260. The van der Waals surface area contributed by atoms with E-state index in [1.165, 1.54) is 0 Å². The predicted octanol–water partition coefficient (Wildman–Crippen LogP) is 5.07. The molecular weight excluding hydrogens is 418 g/mol. The molecule has 1 heterocycles. The summed E-state index contributed by atoms with van der Waals surface area (Å²) in [7, 11) is 0. The molecule has 0 aliphatic rings. The Morgan fingerprint density at radius 3 is 2.33 bits per heavy atom. The van der Waals surface area contributed by atoms with Gasteiger partial charge in [0.1, 0.15) is 37.1 Å². The van der Waals surface area contributed by atoms with E-state index in [-0.39, 0.29) is 12.4 Å². The molecule has 4 aromatic rings. The second kappa shape index (κ2) is 10.7. The number of para-hydroxylation sites is 1. The number of hydrogen-bond donors (Lipinski definition) is 2. The van der Waals surface area contributed by atoms with E-state index in [0.717, 1.165) is 22.2 Å². The van der Waals surface area contributed by atoms with E-state index in [2.05, 4.69) is 15.3 Å². The van der Waals surface area contributed by atoms with Crippen molar-refractivity contribution in [3.8, 4) is 17.2 Å². The minimum Gasteiger partial charge on any atom is -0.489 e. The molecule has 8 nitrogen and oxygen atoms in total. The van der Waals surface area contributed by atoms with Crippen molar-refractivity contribution in [3.05, 3.63) is 96.2 Å². The van der Waals surface area contributed by atoms with Crippen molar-refractivity contribution in [3.63, 3.8) is 0 Å². The highest BCUT2D eigenvalue weighted by Gasteiger charge is 2.03. The molecule has 0 saturated heterocycles. The number of nitrogens with one attached hydrogen (secondary N) is 1. The van der Waals surface area contributed by atoms with Gasteiger partial charge in [0.15, 0.2) is 5.84 Å². The van der Waals surface area contributed by atoms with Crippen LogP contribution in [0.4, 0.5) is 0 Å². The van der Waals surface area contributed by atoms with Crippen LogP contribution in [0.2, 0.25) is 0 Å². The Morgan fingerprint density at radius 1 is 0.788 bits per heavy atom. The number of nitrogens with two attached hydrogens (primary N) is 1. The summed E-state index contributed by atoms with van der Waals surface area (Å²) in [5.41, 5.74) is 2.79. The molecule has 0 fully saturated rings. The van der Waals surface area contributed by atoms with Gasteiger partial charge in [-0.1, -0.05) is 47.7 Å². The number of benzene rings is 3. The molecular formula is C25H23N5O3. The molecule has 0 amide bonds. The Hall–Kier alpha value is -4.46. The van der Waals surface area contributed by atoms with Crippen molar-refractivity contribution in [1.82, 2.24) is 4.98 Å². The molecule has 0 bridgehead atoms. The van der Waals surface area contributed by atoms with Crippen LogP contribution in [0.1, 0.15) is 11.3 Å². The summed E-state index contributed by atoms with van der Waals surface area (Å²) in [6.45, 7) is 0.769. The zero-order valence-electron chi connectivity index (χ0n) is 17.8. The van der Waals surface area contributed by atoms with Crippen molar-refractivity contribution >= 4 is 16.7 Å². The Kier molecular flexibility index (Phi) is 7.07. The van der Waals surface area contributed by atoms with Crippen LogP contribution in [0.15, 0.2) is 95.3 Å². The molecule has 1 aromatic heterocycles. The molecule has 3 aromatic carbocycles. The highest BCUT2D eigenvalue weighted by atomic mass is 16.5. The maximum Gasteiger partial charge on any atom is 0.183 e. The van der Waals surface area contributed by atoms with Crippen LogP contribution in [0, 0.1) is 5.41 Å². The normalized spacial score (nSPS) is 10.9. The van der Waals surface area contributed by atoms with Gasteiger partial charge in [-0.3, -0.25) is 5.41 Å². The molecule has 0 radical (unpaired) electrons. The highest BCUT2D eigenvalue weighted by molar-refractivity contribution is 5.80. The van der Waals surface area contributed by atoms with Crippen molar-refractivity contribution in [2.75, 3.05) is 6.61 Å². The summed E-state index contributed by atoms with van der Waals surface area (Å²) < 4.78 is 17.3. The Morgan fingerprint density at radius 2 is 1.55 bits per heavy atom. The van der Waals surface area contributed by atoms with E-state index in [4.69, 9.17) is 25.5 Å². The molecule has 33 heavy (non-hydrogen) atoms. The summed E-state index contributed by atoms with van der Waals surface area (Å²) in [4.78, 5) is 4.63. The van der Waals surface area contributed by atoms with Crippen molar-refractivity contribution in [2.45, 2.75) is 13.2 Å². The third-order valence-corrected chi connectivity index (χ3v) is 4.73. The van der Waals surface area contributed by atoms with Gasteiger partial charge in [-0.05, 0) is 42.0 Å². The molecule has 0 atom stereocenters. The first-order valence-corrected chi connectivity index (χ1v) is 10.3. The van der Waals surface area contributed by atoms with Crippen LogP contribution >= 0.6 is 0 Å². The highest BCUT2D eigenvalue weighted by Crippen LogP contribution is 2.22. The van der Waals surface area contributed by atoms with Crippen molar-refractivity contribution in [1.29, 1.82) is 5.41 Å². The first-order valence-electron chi connectivity index (χ1n) is 10.3. The fourth-order valence-electron chi connectivity index (χ4n) is 3.10. The van der Waals surface area contributed by atoms with Crippen LogP contribution in [0.3, 0.4) is 0 Å². The minimum absolute atomic E-state index is 0.00192. The second-order valence-electron chi connectivity index (χ2n) is 7.14. The van der Waals surface area contributed by atoms with Crippen LogP contribution in [-0.4, -0.2) is 17.4 Å². The SMILES string of the molecule is N=C(COc1ccc(COc2cccc(OCc3ccc4ccccc4n3)c2)cc1)N=NN. The monoisotopic (exact) mass is 441 g/mol. The van der Waals surface area contributed by atoms with Crippen LogP contribution in [-0.2, 0) is 13.2 Å². The van der Waals surface area contributed by atoms with E-state index in [9.17, 15) is 0 Å². The first kappa shape index (κ1) is 21.8. The molecule has 0 saturated carbocycles. The van der Waals surface area contributed by atoms with Crippen LogP contribution in [0.5, 0.6) is 17.2 Å². The average Bonchev–Trinajstić information content (AvgIpc) is 2.86. The molecule has 3 N–H and O–H groups in total. The predicted molar refractivity (Wildman–Crippen MR) is 126 cm³/mol. The van der Waals surface area contributed by atoms with Gasteiger partial charge in [-0.15, -0.1) is 5.11 Å². The molecule has 4 rings (SSSR count). The Labute approximate surface area is 191 Å². The van der Waals surface area contributed by atoms with Gasteiger partial charge in [0.05, 0.1) is 11.2 Å². The van der Waals surface area contributed by atoms with E-state index < -0.39 is 0 Å². The number of hydrogen-bond acceptors (Lipinski definition) is 6. The smallest absolute Gasteiger partial charge is 0.183 e. The third-order valence-electron chi connectivity index (χ3n) is 4.73. The van der Waals surface area contributed by atoms with Gasteiger partial charge in [-0.2, -0.15) is 0 Å². The van der Waals surface area contributed by atoms with Crippen molar-refractivity contribution in [2.24, 2.45) is 16.2 Å². The van der Waals surface area contributed by atoms with Crippen LogP contribution < -0.4 is 20.1 Å². The van der Waals surface area contributed by atoms with Gasteiger partial charge >= 0.3 is 0 Å². The van der Waals surface area contributed by atoms with E-state index in [1.54, 1.807) is 0 Å². The molecule has 0 aliphatic heterocycles. The summed E-state index contributed by atoms with van der Waals surface area (Å²) in [5, 5.41) is 15.0. The van der Waals surface area contributed by atoms with E-state index in [0.29, 0.717) is 30.5 Å². The molecule has 0 spiro atoms. The van der Waals surface area contributed by atoms with Gasteiger partial charge in [0.2, 0.25) is 0 Å². The lowest BCUT2D eigenvalue weighted by molar-refractivity contribution is 0.287. The standard InChI is InChI=1S/C25H23N5O3/c26-25(29-30-27)17-33-21-12-8-18(9-13-21)15-31-22-5-3-6-23(14-22)32-16-20-11-10-19-4-1-2-7-24(19)28-20/h1-14H,15-17H2,(H3,26,27,29). The first-order chi connectivity index (χ1) is 16.2. The van der Waals surface area contributed by atoms with Crippen LogP contribution in [0.25, 0.3) is 10.9 Å². The third kappa shape index (κ3) is 6.27. The van der Waals surface area contributed by atoms with E-state index in [1.807, 2.05) is 84.9 Å².